The molecule has 3 aliphatic rings. The molecule has 1 atom stereocenters. The van der Waals surface area contributed by atoms with Gasteiger partial charge in [0, 0.05) is 30.6 Å². The van der Waals surface area contributed by atoms with E-state index in [1.165, 1.54) is 0 Å². The summed E-state index contributed by atoms with van der Waals surface area (Å²) in [4.78, 5) is 33.8. The number of hydrogen-bond acceptors (Lipinski definition) is 4. The number of hydrogen-bond donors (Lipinski definition) is 0. The second-order valence-corrected chi connectivity index (χ2v) is 10.5. The van der Waals surface area contributed by atoms with Crippen molar-refractivity contribution in [2.75, 3.05) is 19.6 Å². The van der Waals surface area contributed by atoms with E-state index in [1.54, 1.807) is 16.1 Å². The first-order valence-corrected chi connectivity index (χ1v) is 12.2. The molecule has 0 N–H and O–H groups in total. The highest BCUT2D eigenvalue weighted by Gasteiger charge is 2.53. The van der Waals surface area contributed by atoms with E-state index < -0.39 is 11.2 Å². The SMILES string of the molecule is CC1(C)N=C(c2ccc(-c3ccc4occc4c3)cc2)N(C[C@@H]2CCN(C(=O)C3(F)CC3)C2)C1=O. The van der Waals surface area contributed by atoms with Gasteiger partial charge in [-0.05, 0) is 68.4 Å². The van der Waals surface area contributed by atoms with Gasteiger partial charge in [-0.1, -0.05) is 30.3 Å². The van der Waals surface area contributed by atoms with Crippen LogP contribution in [-0.4, -0.2) is 58.3 Å². The normalized spacial score (nSPS) is 22.7. The van der Waals surface area contributed by atoms with Crippen molar-refractivity contribution in [3.05, 3.63) is 60.4 Å². The Labute approximate surface area is 203 Å². The number of furan rings is 1. The van der Waals surface area contributed by atoms with Crippen molar-refractivity contribution in [2.45, 2.75) is 44.3 Å². The number of benzene rings is 2. The van der Waals surface area contributed by atoms with Gasteiger partial charge >= 0.3 is 0 Å². The van der Waals surface area contributed by atoms with Crippen molar-refractivity contribution in [3.8, 4) is 11.1 Å². The van der Waals surface area contributed by atoms with Crippen LogP contribution >= 0.6 is 0 Å². The standard InChI is InChI=1S/C28H28FN3O3/c1-27(2)25(33)32(17-18-9-13-31(16-18)26(34)28(29)11-12-28)24(30-27)20-5-3-19(4-6-20)21-7-8-23-22(15-21)10-14-35-23/h3-8,10,14-15,18H,9,11-13,16-17H2,1-2H3/t18-/m1/s1. The van der Waals surface area contributed by atoms with E-state index in [-0.39, 0.29) is 17.7 Å². The van der Waals surface area contributed by atoms with Gasteiger partial charge in [0.2, 0.25) is 0 Å². The molecule has 0 spiro atoms. The van der Waals surface area contributed by atoms with Crippen LogP contribution in [0.15, 0.2) is 64.2 Å². The number of nitrogens with zero attached hydrogens (tertiary/aromatic N) is 3. The molecule has 1 aliphatic carbocycles. The van der Waals surface area contributed by atoms with Crippen molar-refractivity contribution in [3.63, 3.8) is 0 Å². The summed E-state index contributed by atoms with van der Waals surface area (Å²) in [5.74, 6) is 0.332. The molecule has 2 aliphatic heterocycles. The zero-order valence-electron chi connectivity index (χ0n) is 20.0. The topological polar surface area (TPSA) is 66.1 Å². The highest BCUT2D eigenvalue weighted by Crippen LogP contribution is 2.42. The second-order valence-electron chi connectivity index (χ2n) is 10.5. The van der Waals surface area contributed by atoms with E-state index >= 15 is 0 Å². The number of alkyl halides is 1. The number of amides is 2. The van der Waals surface area contributed by atoms with E-state index in [2.05, 4.69) is 6.07 Å². The number of carbonyl (C=O) groups is 2. The Kier molecular flexibility index (Phi) is 4.88. The monoisotopic (exact) mass is 473 g/mol. The molecule has 6 nitrogen and oxygen atoms in total. The summed E-state index contributed by atoms with van der Waals surface area (Å²) in [6.07, 6.45) is 3.10. The van der Waals surface area contributed by atoms with Crippen molar-refractivity contribution in [1.82, 2.24) is 9.80 Å². The third kappa shape index (κ3) is 3.83. The maximum absolute atomic E-state index is 14.3. The molecule has 0 bridgehead atoms. The molecular formula is C28H28FN3O3. The number of aliphatic imine (C=N–C) groups is 1. The van der Waals surface area contributed by atoms with Gasteiger partial charge in [-0.15, -0.1) is 0 Å². The fourth-order valence-electron chi connectivity index (χ4n) is 5.18. The molecule has 6 rings (SSSR count). The van der Waals surface area contributed by atoms with E-state index in [0.717, 1.165) is 34.1 Å². The van der Waals surface area contributed by atoms with Crippen LogP contribution in [0.5, 0.6) is 0 Å². The lowest BCUT2D eigenvalue weighted by molar-refractivity contribution is -0.137. The number of likely N-dealkylation sites (tertiary alicyclic amines) is 1. The summed E-state index contributed by atoms with van der Waals surface area (Å²) >= 11 is 0. The van der Waals surface area contributed by atoms with Crippen LogP contribution in [0.1, 0.15) is 38.7 Å². The lowest BCUT2D eigenvalue weighted by Gasteiger charge is -2.25. The average molecular weight is 474 g/mol. The summed E-state index contributed by atoms with van der Waals surface area (Å²) in [6, 6.07) is 16.1. The van der Waals surface area contributed by atoms with Crippen LogP contribution in [0.4, 0.5) is 4.39 Å². The highest BCUT2D eigenvalue weighted by molar-refractivity contribution is 6.15. The minimum absolute atomic E-state index is 0.0454. The first kappa shape index (κ1) is 22.0. The Bertz CT molecular complexity index is 1350. The largest absolute Gasteiger partial charge is 0.464 e. The maximum Gasteiger partial charge on any atom is 0.260 e. The van der Waals surface area contributed by atoms with Gasteiger partial charge in [0.25, 0.3) is 11.8 Å². The Hall–Kier alpha value is -3.48. The average Bonchev–Trinajstić information content (AvgIpc) is 3.18. The molecule has 1 saturated carbocycles. The molecule has 0 radical (unpaired) electrons. The molecule has 180 valence electrons. The van der Waals surface area contributed by atoms with Crippen molar-refractivity contribution < 1.29 is 18.4 Å². The minimum atomic E-state index is -1.64. The van der Waals surface area contributed by atoms with Crippen LogP contribution < -0.4 is 0 Å². The molecule has 2 fully saturated rings. The van der Waals surface area contributed by atoms with Gasteiger partial charge in [-0.3, -0.25) is 19.5 Å². The third-order valence-corrected chi connectivity index (χ3v) is 7.42. The number of carbonyl (C=O) groups excluding carboxylic acids is 2. The number of halogens is 1. The van der Waals surface area contributed by atoms with Crippen LogP contribution in [0, 0.1) is 5.92 Å². The van der Waals surface area contributed by atoms with Gasteiger partial charge in [0.05, 0.1) is 6.26 Å². The van der Waals surface area contributed by atoms with Gasteiger partial charge in [0.15, 0.2) is 5.67 Å². The molecule has 0 unspecified atom stereocenters. The summed E-state index contributed by atoms with van der Waals surface area (Å²) in [5.41, 5.74) is 1.40. The molecule has 3 aromatic rings. The molecule has 1 aromatic heterocycles. The number of amidine groups is 1. The Balaban J connectivity index is 1.21. The van der Waals surface area contributed by atoms with E-state index in [9.17, 15) is 14.0 Å². The first-order chi connectivity index (χ1) is 16.7. The van der Waals surface area contributed by atoms with Crippen LogP contribution in [0.2, 0.25) is 0 Å². The maximum atomic E-state index is 14.3. The van der Waals surface area contributed by atoms with Gasteiger partial charge in [0.1, 0.15) is 17.0 Å². The Morgan fingerprint density at radius 2 is 1.80 bits per heavy atom. The van der Waals surface area contributed by atoms with Gasteiger partial charge in [-0.25, -0.2) is 4.39 Å². The van der Waals surface area contributed by atoms with Gasteiger partial charge in [-0.2, -0.15) is 0 Å². The summed E-state index contributed by atoms with van der Waals surface area (Å²) < 4.78 is 19.7. The third-order valence-electron chi connectivity index (χ3n) is 7.42. The molecule has 3 heterocycles. The fourth-order valence-corrected chi connectivity index (χ4v) is 5.18. The second kappa shape index (κ2) is 7.77. The van der Waals surface area contributed by atoms with Crippen LogP contribution in [-0.2, 0) is 9.59 Å². The summed E-state index contributed by atoms with van der Waals surface area (Å²) in [5, 5.41) is 1.05. The van der Waals surface area contributed by atoms with E-state index in [0.29, 0.717) is 38.3 Å². The molecular weight excluding hydrogens is 445 g/mol. The number of rotatable bonds is 5. The fraction of sp³-hybridized carbons (Fsp3) is 0.393. The molecule has 1 saturated heterocycles. The quantitative estimate of drug-likeness (QED) is 0.534. The smallest absolute Gasteiger partial charge is 0.260 e. The predicted molar refractivity (Wildman–Crippen MR) is 132 cm³/mol. The molecule has 2 aromatic carbocycles. The first-order valence-electron chi connectivity index (χ1n) is 12.2. The lowest BCUT2D eigenvalue weighted by atomic mass is 10.0. The van der Waals surface area contributed by atoms with Crippen LogP contribution in [0.25, 0.3) is 22.1 Å². The Morgan fingerprint density at radius 1 is 1.09 bits per heavy atom. The predicted octanol–water partition coefficient (Wildman–Crippen LogP) is 4.82. The van der Waals surface area contributed by atoms with Crippen molar-refractivity contribution >= 4 is 28.6 Å². The highest BCUT2D eigenvalue weighted by atomic mass is 19.1. The summed E-state index contributed by atoms with van der Waals surface area (Å²) in [7, 11) is 0. The number of fused-ring (bicyclic) bond motifs is 1. The van der Waals surface area contributed by atoms with Gasteiger partial charge < -0.3 is 9.32 Å². The molecule has 2 amide bonds. The van der Waals surface area contributed by atoms with E-state index in [1.807, 2.05) is 56.3 Å². The minimum Gasteiger partial charge on any atom is -0.464 e. The lowest BCUT2D eigenvalue weighted by Crippen LogP contribution is -2.43. The van der Waals surface area contributed by atoms with E-state index in [4.69, 9.17) is 9.41 Å². The van der Waals surface area contributed by atoms with Crippen LogP contribution in [0.3, 0.4) is 0 Å². The van der Waals surface area contributed by atoms with Crippen molar-refractivity contribution in [1.29, 1.82) is 0 Å². The molecule has 7 heteroatoms. The zero-order valence-corrected chi connectivity index (χ0v) is 20.0. The van der Waals surface area contributed by atoms with Crippen molar-refractivity contribution in [2.24, 2.45) is 10.9 Å². The zero-order chi connectivity index (χ0) is 24.4. The summed E-state index contributed by atoms with van der Waals surface area (Å²) in [6.45, 7) is 5.16. The Morgan fingerprint density at radius 3 is 2.54 bits per heavy atom. The molecule has 35 heavy (non-hydrogen) atoms.